The molecule has 3 amide bonds. The number of hydrogen-bond acceptors (Lipinski definition) is 6. The van der Waals surface area contributed by atoms with E-state index in [1.54, 1.807) is 12.1 Å². The Morgan fingerprint density at radius 1 is 1.33 bits per heavy atom. The molecule has 10 heteroatoms. The van der Waals surface area contributed by atoms with Crippen molar-refractivity contribution in [1.82, 2.24) is 10.2 Å². The number of ether oxygens (including phenoxy) is 2. The fourth-order valence-corrected chi connectivity index (χ4v) is 3.68. The molecule has 0 spiro atoms. The minimum absolute atomic E-state index is 0.0153. The van der Waals surface area contributed by atoms with Crippen LogP contribution in [0.4, 0.5) is 4.79 Å². The van der Waals surface area contributed by atoms with E-state index in [0.717, 1.165) is 4.90 Å². The Morgan fingerprint density at radius 3 is 2.70 bits per heavy atom. The van der Waals surface area contributed by atoms with E-state index < -0.39 is 17.9 Å². The van der Waals surface area contributed by atoms with Gasteiger partial charge in [0.05, 0.1) is 29.3 Å². The van der Waals surface area contributed by atoms with Crippen molar-refractivity contribution in [3.8, 4) is 5.75 Å². The number of imide groups is 1. The summed E-state index contributed by atoms with van der Waals surface area (Å²) in [4.78, 5) is 37.4. The highest BCUT2D eigenvalue weighted by Crippen LogP contribution is 2.36. The zero-order valence-electron chi connectivity index (χ0n) is 16.3. The number of urea groups is 1. The van der Waals surface area contributed by atoms with Crippen LogP contribution in [0.1, 0.15) is 35.7 Å². The van der Waals surface area contributed by atoms with Gasteiger partial charge in [-0.15, -0.1) is 0 Å². The summed E-state index contributed by atoms with van der Waals surface area (Å²) in [6, 6.07) is 5.67. The molecule has 0 unspecified atom stereocenters. The van der Waals surface area contributed by atoms with Gasteiger partial charge < -0.3 is 19.2 Å². The molecule has 1 fully saturated rings. The molecule has 3 rings (SSSR count). The van der Waals surface area contributed by atoms with E-state index in [0.29, 0.717) is 20.8 Å². The van der Waals surface area contributed by atoms with Crippen LogP contribution in [-0.4, -0.2) is 36.0 Å². The largest absolute Gasteiger partial charge is 0.488 e. The van der Waals surface area contributed by atoms with E-state index in [9.17, 15) is 14.4 Å². The third-order valence-electron chi connectivity index (χ3n) is 4.01. The molecule has 0 bridgehead atoms. The molecule has 0 saturated carbocycles. The molecule has 1 aromatic heterocycles. The van der Waals surface area contributed by atoms with Gasteiger partial charge in [-0.2, -0.15) is 0 Å². The zero-order chi connectivity index (χ0) is 22.0. The quantitative estimate of drug-likeness (QED) is 0.362. The molecule has 2 heterocycles. The predicted molar refractivity (Wildman–Crippen MR) is 112 cm³/mol. The second-order valence-corrected chi connectivity index (χ2v) is 7.88. The molecule has 2 aromatic rings. The van der Waals surface area contributed by atoms with Crippen LogP contribution >= 0.6 is 27.5 Å². The number of hydrogen-bond donors (Lipinski definition) is 1. The topological polar surface area (TPSA) is 98.1 Å². The molecule has 1 saturated heterocycles. The molecule has 8 nitrogen and oxygen atoms in total. The number of nitrogens with zero attached hydrogens (tertiary/aromatic N) is 1. The fourth-order valence-electron chi connectivity index (χ4n) is 2.72. The molecule has 1 aliphatic heterocycles. The van der Waals surface area contributed by atoms with Crippen molar-refractivity contribution >= 4 is 51.5 Å². The van der Waals surface area contributed by atoms with Crippen LogP contribution in [0.3, 0.4) is 0 Å². The van der Waals surface area contributed by atoms with Crippen LogP contribution in [0, 0.1) is 0 Å². The first-order valence-corrected chi connectivity index (χ1v) is 10.0. The van der Waals surface area contributed by atoms with Gasteiger partial charge in [0.2, 0.25) is 5.76 Å². The number of methoxy groups -OCH3 is 1. The lowest BCUT2D eigenvalue weighted by Crippen LogP contribution is -2.30. The van der Waals surface area contributed by atoms with Crippen molar-refractivity contribution in [2.75, 3.05) is 7.11 Å². The number of halogens is 2. The molecule has 1 N–H and O–H groups in total. The third-order valence-corrected chi connectivity index (χ3v) is 4.88. The van der Waals surface area contributed by atoms with Crippen molar-refractivity contribution < 1.29 is 28.3 Å². The zero-order valence-corrected chi connectivity index (χ0v) is 18.7. The summed E-state index contributed by atoms with van der Waals surface area (Å²) in [5.74, 6) is -0.437. The van der Waals surface area contributed by atoms with Gasteiger partial charge >= 0.3 is 12.0 Å². The number of amides is 3. The number of rotatable bonds is 6. The summed E-state index contributed by atoms with van der Waals surface area (Å²) < 4.78 is 16.2. The smallest absolute Gasteiger partial charge is 0.373 e. The Balaban J connectivity index is 1.79. The maximum atomic E-state index is 12.7. The van der Waals surface area contributed by atoms with Crippen LogP contribution in [0.5, 0.6) is 5.75 Å². The van der Waals surface area contributed by atoms with Crippen LogP contribution in [0.15, 0.2) is 38.9 Å². The molecule has 1 aromatic carbocycles. The van der Waals surface area contributed by atoms with Crippen LogP contribution in [0.2, 0.25) is 5.02 Å². The van der Waals surface area contributed by atoms with E-state index in [1.807, 2.05) is 13.8 Å². The first kappa shape index (κ1) is 21.9. The first-order valence-electron chi connectivity index (χ1n) is 8.87. The molecule has 30 heavy (non-hydrogen) atoms. The Morgan fingerprint density at radius 2 is 2.07 bits per heavy atom. The molecular weight excluding hydrogens is 480 g/mol. The highest BCUT2D eigenvalue weighted by Gasteiger charge is 2.34. The van der Waals surface area contributed by atoms with E-state index in [1.165, 1.54) is 25.3 Å². The van der Waals surface area contributed by atoms with Gasteiger partial charge in [-0.3, -0.25) is 9.69 Å². The summed E-state index contributed by atoms with van der Waals surface area (Å²) in [6.45, 7) is 3.63. The summed E-state index contributed by atoms with van der Waals surface area (Å²) in [5.41, 5.74) is 0.680. The lowest BCUT2D eigenvalue weighted by atomic mass is 10.1. The van der Waals surface area contributed by atoms with Crippen LogP contribution in [-0.2, 0) is 16.1 Å². The number of carbonyl (C=O) groups excluding carboxylic acids is 3. The summed E-state index contributed by atoms with van der Waals surface area (Å²) in [5, 5.41) is 2.89. The van der Waals surface area contributed by atoms with Gasteiger partial charge in [0.1, 0.15) is 11.5 Å². The van der Waals surface area contributed by atoms with Gasteiger partial charge in [0, 0.05) is 0 Å². The van der Waals surface area contributed by atoms with E-state index >= 15 is 0 Å². The van der Waals surface area contributed by atoms with E-state index in [2.05, 4.69) is 26.0 Å². The Hall–Kier alpha value is -2.78. The van der Waals surface area contributed by atoms with E-state index in [-0.39, 0.29) is 29.9 Å². The predicted octanol–water partition coefficient (Wildman–Crippen LogP) is 4.36. The standard InChI is InChI=1S/C20H18BrClN2O6/c1-10(2)29-17-13(21)6-11(7-14(17)22)8-15-18(25)24(20(27)23-15)9-12-4-5-16(30-12)19(26)28-3/h4-8,10H,9H2,1-3H3,(H,23,27)/b15-8-. The van der Waals surface area contributed by atoms with Gasteiger partial charge in [-0.05, 0) is 65.7 Å². The maximum absolute atomic E-state index is 12.7. The highest BCUT2D eigenvalue weighted by atomic mass is 79.9. The molecule has 0 atom stereocenters. The Bertz CT molecular complexity index is 1020. The van der Waals surface area contributed by atoms with Crippen LogP contribution < -0.4 is 10.1 Å². The van der Waals surface area contributed by atoms with Crippen molar-refractivity contribution in [3.05, 3.63) is 56.5 Å². The molecule has 0 aliphatic carbocycles. The van der Waals surface area contributed by atoms with Crippen LogP contribution in [0.25, 0.3) is 6.08 Å². The van der Waals surface area contributed by atoms with Gasteiger partial charge in [-0.1, -0.05) is 11.6 Å². The number of esters is 1. The van der Waals surface area contributed by atoms with E-state index in [4.69, 9.17) is 20.8 Å². The Kier molecular flexibility index (Phi) is 6.52. The molecular formula is C20H18BrClN2O6. The SMILES string of the molecule is COC(=O)c1ccc(CN2C(=O)N/C(=C\c3cc(Cl)c(OC(C)C)c(Br)c3)C2=O)o1. The van der Waals surface area contributed by atoms with Gasteiger partial charge in [0.15, 0.2) is 5.75 Å². The first-order chi connectivity index (χ1) is 14.2. The molecule has 1 aliphatic rings. The summed E-state index contributed by atoms with van der Waals surface area (Å²) in [6.07, 6.45) is 1.45. The number of carbonyl (C=O) groups is 3. The lowest BCUT2D eigenvalue weighted by molar-refractivity contribution is -0.123. The van der Waals surface area contributed by atoms with Crippen molar-refractivity contribution in [1.29, 1.82) is 0 Å². The second-order valence-electron chi connectivity index (χ2n) is 6.62. The monoisotopic (exact) mass is 496 g/mol. The third kappa shape index (κ3) is 4.68. The second kappa shape index (κ2) is 8.93. The molecule has 0 radical (unpaired) electrons. The number of benzene rings is 1. The van der Waals surface area contributed by atoms with Gasteiger partial charge in [-0.25, -0.2) is 9.59 Å². The average molecular weight is 498 g/mol. The number of nitrogens with one attached hydrogen (secondary N) is 1. The molecule has 158 valence electrons. The summed E-state index contributed by atoms with van der Waals surface area (Å²) in [7, 11) is 1.23. The van der Waals surface area contributed by atoms with Crippen molar-refractivity contribution in [2.24, 2.45) is 0 Å². The van der Waals surface area contributed by atoms with Crippen molar-refractivity contribution in [3.63, 3.8) is 0 Å². The average Bonchev–Trinajstić information content (AvgIpc) is 3.25. The van der Waals surface area contributed by atoms with Gasteiger partial charge in [0.25, 0.3) is 5.91 Å². The minimum Gasteiger partial charge on any atom is -0.488 e. The maximum Gasteiger partial charge on any atom is 0.373 e. The fraction of sp³-hybridized carbons (Fsp3) is 0.250. The lowest BCUT2D eigenvalue weighted by Gasteiger charge is -2.14. The van der Waals surface area contributed by atoms with Crippen molar-refractivity contribution in [2.45, 2.75) is 26.5 Å². The Labute approximate surface area is 185 Å². The minimum atomic E-state index is -0.647. The summed E-state index contributed by atoms with van der Waals surface area (Å²) >= 11 is 9.70. The normalized spacial score (nSPS) is 15.1. The number of furan rings is 1. The highest BCUT2D eigenvalue weighted by molar-refractivity contribution is 9.10.